The van der Waals surface area contributed by atoms with Gasteiger partial charge in [0.25, 0.3) is 5.56 Å². The summed E-state index contributed by atoms with van der Waals surface area (Å²) in [5.74, 6) is 0.154. The molecule has 0 aliphatic carbocycles. The Morgan fingerprint density at radius 1 is 1.16 bits per heavy atom. The first-order chi connectivity index (χ1) is 12.0. The number of aromatic nitrogens is 2. The van der Waals surface area contributed by atoms with E-state index in [1.165, 1.54) is 21.2 Å². The van der Waals surface area contributed by atoms with Crippen LogP contribution in [0, 0.1) is 0 Å². The highest BCUT2D eigenvalue weighted by Gasteiger charge is 2.15. The Balaban J connectivity index is 2.15. The van der Waals surface area contributed by atoms with Crippen molar-refractivity contribution in [2.24, 2.45) is 0 Å². The minimum atomic E-state index is -0.173. The standard InChI is InChI=1S/C18H16ClN3O2S/c1-21(2)16(23)11-25-18-20-15-6-4-3-5-14(15)17(24)22(18)13-9-7-12(19)8-10-13/h3-10H,11H2,1-2H3. The molecule has 1 amide bonds. The highest BCUT2D eigenvalue weighted by atomic mass is 35.5. The van der Waals surface area contributed by atoms with Crippen molar-refractivity contribution in [3.8, 4) is 5.69 Å². The topological polar surface area (TPSA) is 55.2 Å². The predicted molar refractivity (Wildman–Crippen MR) is 102 cm³/mol. The van der Waals surface area contributed by atoms with Gasteiger partial charge in [-0.3, -0.25) is 14.2 Å². The van der Waals surface area contributed by atoms with E-state index in [0.717, 1.165) is 0 Å². The average molecular weight is 374 g/mol. The number of hydrogen-bond donors (Lipinski definition) is 0. The van der Waals surface area contributed by atoms with Crippen molar-refractivity contribution in [3.05, 3.63) is 63.9 Å². The second-order valence-electron chi connectivity index (χ2n) is 5.61. The summed E-state index contributed by atoms with van der Waals surface area (Å²) >= 11 is 7.19. The van der Waals surface area contributed by atoms with E-state index in [1.807, 2.05) is 6.07 Å². The van der Waals surface area contributed by atoms with E-state index >= 15 is 0 Å². The Kier molecular flexibility index (Phi) is 5.11. The number of halogens is 1. The number of carbonyl (C=O) groups is 1. The first-order valence-electron chi connectivity index (χ1n) is 7.58. The second kappa shape index (κ2) is 7.29. The summed E-state index contributed by atoms with van der Waals surface area (Å²) in [6.07, 6.45) is 0. The molecule has 0 aliphatic heterocycles. The minimum Gasteiger partial charge on any atom is -0.348 e. The van der Waals surface area contributed by atoms with Crippen molar-refractivity contribution < 1.29 is 4.79 Å². The predicted octanol–water partition coefficient (Wildman–Crippen LogP) is 3.22. The quantitative estimate of drug-likeness (QED) is 0.520. The van der Waals surface area contributed by atoms with E-state index in [9.17, 15) is 9.59 Å². The monoisotopic (exact) mass is 373 g/mol. The van der Waals surface area contributed by atoms with Crippen molar-refractivity contribution in [1.29, 1.82) is 0 Å². The van der Waals surface area contributed by atoms with Crippen LogP contribution in [0.2, 0.25) is 5.02 Å². The summed E-state index contributed by atoms with van der Waals surface area (Å²) in [4.78, 5) is 31.0. The Morgan fingerprint density at radius 2 is 1.84 bits per heavy atom. The number of para-hydroxylation sites is 1. The van der Waals surface area contributed by atoms with Gasteiger partial charge in [-0.15, -0.1) is 0 Å². The Labute approximate surface area is 154 Å². The van der Waals surface area contributed by atoms with Crippen LogP contribution in [0.4, 0.5) is 0 Å². The number of carbonyl (C=O) groups excluding carboxylic acids is 1. The molecule has 0 aliphatic rings. The number of benzene rings is 2. The van der Waals surface area contributed by atoms with Gasteiger partial charge in [0.1, 0.15) is 0 Å². The maximum atomic E-state index is 13.0. The van der Waals surface area contributed by atoms with Gasteiger partial charge in [0.15, 0.2) is 5.16 Å². The first kappa shape index (κ1) is 17.5. The number of hydrogen-bond acceptors (Lipinski definition) is 4. The normalized spacial score (nSPS) is 10.8. The average Bonchev–Trinajstić information content (AvgIpc) is 2.61. The van der Waals surface area contributed by atoms with Gasteiger partial charge in [-0.25, -0.2) is 4.98 Å². The molecule has 3 aromatic rings. The van der Waals surface area contributed by atoms with Crippen molar-refractivity contribution in [2.45, 2.75) is 5.16 Å². The van der Waals surface area contributed by atoms with E-state index in [2.05, 4.69) is 4.98 Å². The Bertz CT molecular complexity index is 984. The van der Waals surface area contributed by atoms with Gasteiger partial charge >= 0.3 is 0 Å². The molecule has 0 saturated heterocycles. The van der Waals surface area contributed by atoms with E-state index in [1.54, 1.807) is 56.6 Å². The zero-order valence-electron chi connectivity index (χ0n) is 13.8. The molecule has 1 aromatic heterocycles. The second-order valence-corrected chi connectivity index (χ2v) is 6.98. The Morgan fingerprint density at radius 3 is 2.52 bits per heavy atom. The molecule has 0 radical (unpaired) electrons. The summed E-state index contributed by atoms with van der Waals surface area (Å²) in [7, 11) is 3.39. The molecule has 5 nitrogen and oxygen atoms in total. The number of thioether (sulfide) groups is 1. The highest BCUT2D eigenvalue weighted by molar-refractivity contribution is 7.99. The van der Waals surface area contributed by atoms with Gasteiger partial charge in [0, 0.05) is 19.1 Å². The van der Waals surface area contributed by atoms with Crippen molar-refractivity contribution >= 4 is 40.2 Å². The summed E-state index contributed by atoms with van der Waals surface area (Å²) < 4.78 is 1.52. The van der Waals surface area contributed by atoms with Gasteiger partial charge in [0.2, 0.25) is 5.91 Å². The fourth-order valence-electron chi connectivity index (χ4n) is 2.28. The molecule has 2 aromatic carbocycles. The van der Waals surface area contributed by atoms with Gasteiger partial charge in [0.05, 0.1) is 22.3 Å². The largest absolute Gasteiger partial charge is 0.348 e. The molecule has 0 spiro atoms. The van der Waals surface area contributed by atoms with Crippen LogP contribution < -0.4 is 5.56 Å². The summed E-state index contributed by atoms with van der Waals surface area (Å²) in [5, 5.41) is 1.59. The third-order valence-electron chi connectivity index (χ3n) is 3.65. The molecule has 0 saturated carbocycles. The fourth-order valence-corrected chi connectivity index (χ4v) is 3.40. The molecule has 7 heteroatoms. The maximum absolute atomic E-state index is 13.0. The smallest absolute Gasteiger partial charge is 0.266 e. The molecule has 0 fully saturated rings. The van der Waals surface area contributed by atoms with Gasteiger partial charge in [-0.1, -0.05) is 35.5 Å². The van der Waals surface area contributed by atoms with Crippen LogP contribution in [-0.4, -0.2) is 40.2 Å². The molecule has 3 rings (SSSR count). The van der Waals surface area contributed by atoms with Crippen LogP contribution in [0.15, 0.2) is 58.5 Å². The molecular formula is C18H16ClN3O2S. The van der Waals surface area contributed by atoms with Crippen LogP contribution in [0.5, 0.6) is 0 Å². The molecule has 0 bridgehead atoms. The SMILES string of the molecule is CN(C)C(=O)CSc1nc2ccccc2c(=O)n1-c1ccc(Cl)cc1. The molecule has 1 heterocycles. The van der Waals surface area contributed by atoms with Crippen molar-refractivity contribution in [2.75, 3.05) is 19.8 Å². The molecular weight excluding hydrogens is 358 g/mol. The van der Waals surface area contributed by atoms with Crippen LogP contribution in [0.1, 0.15) is 0 Å². The zero-order chi connectivity index (χ0) is 18.0. The van der Waals surface area contributed by atoms with Gasteiger partial charge < -0.3 is 4.90 Å². The van der Waals surface area contributed by atoms with Gasteiger partial charge in [-0.2, -0.15) is 0 Å². The first-order valence-corrected chi connectivity index (χ1v) is 8.94. The fraction of sp³-hybridized carbons (Fsp3) is 0.167. The summed E-state index contributed by atoms with van der Waals surface area (Å²) in [6, 6.07) is 14.1. The maximum Gasteiger partial charge on any atom is 0.266 e. The number of nitrogens with zero attached hydrogens (tertiary/aromatic N) is 3. The van der Waals surface area contributed by atoms with Crippen LogP contribution in [0.3, 0.4) is 0 Å². The van der Waals surface area contributed by atoms with Crippen molar-refractivity contribution in [1.82, 2.24) is 14.5 Å². The highest BCUT2D eigenvalue weighted by Crippen LogP contribution is 2.22. The van der Waals surface area contributed by atoms with E-state index < -0.39 is 0 Å². The molecule has 25 heavy (non-hydrogen) atoms. The number of rotatable bonds is 4. The molecule has 0 unspecified atom stereocenters. The minimum absolute atomic E-state index is 0.0462. The van der Waals surface area contributed by atoms with Gasteiger partial charge in [-0.05, 0) is 36.4 Å². The lowest BCUT2D eigenvalue weighted by atomic mass is 10.2. The summed E-state index contributed by atoms with van der Waals surface area (Å²) in [6.45, 7) is 0. The zero-order valence-corrected chi connectivity index (χ0v) is 15.3. The van der Waals surface area contributed by atoms with E-state index in [4.69, 9.17) is 11.6 Å². The third-order valence-corrected chi connectivity index (χ3v) is 4.83. The summed E-state index contributed by atoms with van der Waals surface area (Å²) in [5.41, 5.74) is 1.10. The van der Waals surface area contributed by atoms with Crippen molar-refractivity contribution in [3.63, 3.8) is 0 Å². The van der Waals surface area contributed by atoms with Crippen LogP contribution in [0.25, 0.3) is 16.6 Å². The van der Waals surface area contributed by atoms with Crippen LogP contribution in [-0.2, 0) is 4.79 Å². The molecule has 0 atom stereocenters. The van der Waals surface area contributed by atoms with E-state index in [0.29, 0.717) is 26.8 Å². The molecule has 128 valence electrons. The lowest BCUT2D eigenvalue weighted by molar-refractivity contribution is -0.125. The lowest BCUT2D eigenvalue weighted by Crippen LogP contribution is -2.25. The third kappa shape index (κ3) is 3.70. The van der Waals surface area contributed by atoms with Crippen LogP contribution >= 0.6 is 23.4 Å². The number of fused-ring (bicyclic) bond motifs is 1. The molecule has 0 N–H and O–H groups in total. The Hall–Kier alpha value is -2.31. The number of amides is 1. The lowest BCUT2D eigenvalue weighted by Gasteiger charge is -2.14. The van der Waals surface area contributed by atoms with E-state index in [-0.39, 0.29) is 17.2 Å².